The van der Waals surface area contributed by atoms with Gasteiger partial charge in [0.1, 0.15) is 4.88 Å². The smallest absolute Gasteiger partial charge is 0.348 e. The van der Waals surface area contributed by atoms with Crippen LogP contribution in [0.1, 0.15) is 20.0 Å². The second-order valence-corrected chi connectivity index (χ2v) is 4.91. The second kappa shape index (κ2) is 4.86. The van der Waals surface area contributed by atoms with Gasteiger partial charge in [-0.15, -0.1) is 11.3 Å². The first kappa shape index (κ1) is 12.5. The van der Waals surface area contributed by atoms with Crippen LogP contribution < -0.4 is 14.8 Å². The number of carboxylic acid groups (broad SMARTS) is 1. The Labute approximate surface area is 117 Å². The minimum atomic E-state index is -1.07. The molecule has 0 unspecified atom stereocenters. The van der Waals surface area contributed by atoms with Crippen molar-refractivity contribution in [3.63, 3.8) is 0 Å². The zero-order chi connectivity index (χ0) is 14.1. The minimum Gasteiger partial charge on any atom is -0.477 e. The van der Waals surface area contributed by atoms with E-state index in [4.69, 9.17) is 14.6 Å². The van der Waals surface area contributed by atoms with Gasteiger partial charge in [-0.2, -0.15) is 0 Å². The van der Waals surface area contributed by atoms with Gasteiger partial charge < -0.3 is 19.9 Å². The van der Waals surface area contributed by atoms with Crippen molar-refractivity contribution in [2.24, 2.45) is 0 Å². The van der Waals surface area contributed by atoms with Crippen LogP contribution in [0.15, 0.2) is 29.6 Å². The van der Waals surface area contributed by atoms with Crippen molar-refractivity contribution in [2.75, 3.05) is 12.1 Å². The largest absolute Gasteiger partial charge is 0.477 e. The molecule has 2 heterocycles. The highest BCUT2D eigenvalue weighted by molar-refractivity contribution is 7.12. The van der Waals surface area contributed by atoms with Gasteiger partial charge in [0.2, 0.25) is 6.79 Å². The molecule has 0 bridgehead atoms. The maximum Gasteiger partial charge on any atom is 0.348 e. The van der Waals surface area contributed by atoms with E-state index in [2.05, 4.69) is 5.32 Å². The molecule has 1 amide bonds. The molecule has 0 saturated heterocycles. The topological polar surface area (TPSA) is 84.9 Å². The normalized spacial score (nSPS) is 12.2. The molecule has 2 aromatic rings. The first-order valence-corrected chi connectivity index (χ1v) is 6.55. The van der Waals surface area contributed by atoms with Crippen molar-refractivity contribution in [1.82, 2.24) is 0 Å². The van der Waals surface area contributed by atoms with E-state index in [0.717, 1.165) is 11.3 Å². The Morgan fingerprint density at radius 3 is 2.80 bits per heavy atom. The van der Waals surface area contributed by atoms with Crippen LogP contribution in [0.3, 0.4) is 0 Å². The number of carboxylic acids is 1. The molecule has 0 saturated carbocycles. The first-order chi connectivity index (χ1) is 9.65. The molecule has 1 aliphatic rings. The van der Waals surface area contributed by atoms with Crippen molar-refractivity contribution < 1.29 is 24.2 Å². The fourth-order valence-electron chi connectivity index (χ4n) is 1.81. The Kier molecular flexibility index (Phi) is 3.03. The van der Waals surface area contributed by atoms with Crippen LogP contribution in [-0.4, -0.2) is 23.8 Å². The molecule has 0 radical (unpaired) electrons. The Balaban J connectivity index is 1.83. The molecule has 1 aromatic heterocycles. The van der Waals surface area contributed by atoms with Crippen molar-refractivity contribution in [3.05, 3.63) is 40.1 Å². The molecule has 7 heteroatoms. The zero-order valence-corrected chi connectivity index (χ0v) is 10.9. The van der Waals surface area contributed by atoms with E-state index < -0.39 is 11.9 Å². The number of nitrogens with one attached hydrogen (secondary N) is 1. The fourth-order valence-corrected chi connectivity index (χ4v) is 2.49. The van der Waals surface area contributed by atoms with Gasteiger partial charge in [-0.25, -0.2) is 4.79 Å². The quantitative estimate of drug-likeness (QED) is 0.907. The molecule has 6 nitrogen and oxygen atoms in total. The van der Waals surface area contributed by atoms with Crippen LogP contribution in [0.5, 0.6) is 11.5 Å². The van der Waals surface area contributed by atoms with Crippen LogP contribution in [0.2, 0.25) is 0 Å². The minimum absolute atomic E-state index is 0.0964. The summed E-state index contributed by atoms with van der Waals surface area (Å²) in [5.74, 6) is -0.380. The number of ether oxygens (including phenoxy) is 2. The molecule has 0 aliphatic carbocycles. The van der Waals surface area contributed by atoms with Crippen molar-refractivity contribution in [2.45, 2.75) is 0 Å². The summed E-state index contributed by atoms with van der Waals surface area (Å²) < 4.78 is 10.4. The highest BCUT2D eigenvalue weighted by Crippen LogP contribution is 2.33. The summed E-state index contributed by atoms with van der Waals surface area (Å²) in [6.07, 6.45) is 0. The van der Waals surface area contributed by atoms with Crippen LogP contribution >= 0.6 is 11.3 Å². The molecular weight excluding hydrogens is 282 g/mol. The van der Waals surface area contributed by atoms with Gasteiger partial charge in [-0.1, -0.05) is 0 Å². The number of rotatable bonds is 3. The fraction of sp³-hybridized carbons (Fsp3) is 0.0769. The van der Waals surface area contributed by atoms with Crippen LogP contribution in [0, 0.1) is 0 Å². The summed E-state index contributed by atoms with van der Waals surface area (Å²) in [6.45, 7) is 0.133. The number of aromatic carboxylic acids is 1. The summed E-state index contributed by atoms with van der Waals surface area (Å²) in [6, 6.07) is 6.35. The average Bonchev–Trinajstić information content (AvgIpc) is 3.05. The molecule has 0 spiro atoms. The van der Waals surface area contributed by atoms with Crippen LogP contribution in [-0.2, 0) is 0 Å². The zero-order valence-electron chi connectivity index (χ0n) is 10.1. The average molecular weight is 291 g/mol. The summed E-state index contributed by atoms with van der Waals surface area (Å²) in [5, 5.41) is 13.2. The van der Waals surface area contributed by atoms with E-state index in [1.165, 1.54) is 0 Å². The molecular formula is C13H9NO5S. The Morgan fingerprint density at radius 1 is 1.20 bits per heavy atom. The van der Waals surface area contributed by atoms with Crippen molar-refractivity contribution >= 4 is 28.9 Å². The van der Waals surface area contributed by atoms with E-state index in [9.17, 15) is 9.59 Å². The standard InChI is InChI=1S/C13H9NO5S/c15-12(14-8-3-4-20-11(8)13(16)17)7-1-2-9-10(5-7)19-6-18-9/h1-5H,6H2,(H,14,15)(H,16,17). The SMILES string of the molecule is O=C(Nc1ccsc1C(=O)O)c1ccc2c(c1)OCO2. The van der Waals surface area contributed by atoms with Gasteiger partial charge in [0.25, 0.3) is 5.91 Å². The molecule has 0 atom stereocenters. The molecule has 1 aromatic carbocycles. The summed E-state index contributed by atoms with van der Waals surface area (Å²) in [4.78, 5) is 23.2. The summed E-state index contributed by atoms with van der Waals surface area (Å²) in [7, 11) is 0. The third kappa shape index (κ3) is 2.19. The lowest BCUT2D eigenvalue weighted by atomic mass is 10.2. The number of benzene rings is 1. The predicted octanol–water partition coefficient (Wildman–Crippen LogP) is 2.43. The lowest BCUT2D eigenvalue weighted by Crippen LogP contribution is -2.13. The Bertz CT molecular complexity index is 694. The number of carbonyl (C=O) groups excluding carboxylic acids is 1. The van der Waals surface area contributed by atoms with Gasteiger partial charge >= 0.3 is 5.97 Å². The monoisotopic (exact) mass is 291 g/mol. The van der Waals surface area contributed by atoms with Crippen molar-refractivity contribution in [1.29, 1.82) is 0 Å². The van der Waals surface area contributed by atoms with Crippen LogP contribution in [0.25, 0.3) is 0 Å². The number of fused-ring (bicyclic) bond motifs is 1. The first-order valence-electron chi connectivity index (χ1n) is 5.67. The van der Waals surface area contributed by atoms with Crippen LogP contribution in [0.4, 0.5) is 5.69 Å². The van der Waals surface area contributed by atoms with Gasteiger partial charge in [0.05, 0.1) is 5.69 Å². The maximum absolute atomic E-state index is 12.1. The lowest BCUT2D eigenvalue weighted by Gasteiger charge is -2.05. The summed E-state index contributed by atoms with van der Waals surface area (Å²) in [5.41, 5.74) is 0.655. The second-order valence-electron chi connectivity index (χ2n) is 3.99. The number of hydrogen-bond donors (Lipinski definition) is 2. The van der Waals surface area contributed by atoms with Gasteiger partial charge in [0, 0.05) is 5.56 Å². The third-order valence-electron chi connectivity index (χ3n) is 2.74. The molecule has 3 rings (SSSR count). The van der Waals surface area contributed by atoms with Gasteiger partial charge in [-0.05, 0) is 29.6 Å². The Hall–Kier alpha value is -2.54. The van der Waals surface area contributed by atoms with E-state index in [-0.39, 0.29) is 17.4 Å². The molecule has 2 N–H and O–H groups in total. The van der Waals surface area contributed by atoms with E-state index in [0.29, 0.717) is 17.1 Å². The third-order valence-corrected chi connectivity index (χ3v) is 3.64. The summed E-state index contributed by atoms with van der Waals surface area (Å²) >= 11 is 1.06. The lowest BCUT2D eigenvalue weighted by molar-refractivity contribution is 0.0703. The molecule has 20 heavy (non-hydrogen) atoms. The number of anilines is 1. The van der Waals surface area contributed by atoms with E-state index in [1.807, 2.05) is 0 Å². The maximum atomic E-state index is 12.1. The van der Waals surface area contributed by atoms with E-state index >= 15 is 0 Å². The van der Waals surface area contributed by atoms with Gasteiger partial charge in [-0.3, -0.25) is 4.79 Å². The number of thiophene rings is 1. The molecule has 0 fully saturated rings. The molecule has 1 aliphatic heterocycles. The Morgan fingerprint density at radius 2 is 2.00 bits per heavy atom. The van der Waals surface area contributed by atoms with E-state index in [1.54, 1.807) is 29.6 Å². The van der Waals surface area contributed by atoms with Gasteiger partial charge in [0.15, 0.2) is 11.5 Å². The molecule has 102 valence electrons. The predicted molar refractivity (Wildman–Crippen MR) is 71.8 cm³/mol. The highest BCUT2D eigenvalue weighted by Gasteiger charge is 2.18. The number of hydrogen-bond acceptors (Lipinski definition) is 5. The van der Waals surface area contributed by atoms with Crippen molar-refractivity contribution in [3.8, 4) is 11.5 Å². The highest BCUT2D eigenvalue weighted by atomic mass is 32.1. The number of carbonyl (C=O) groups is 2. The number of amides is 1.